The van der Waals surface area contributed by atoms with Gasteiger partial charge in [-0.15, -0.1) is 0 Å². The van der Waals surface area contributed by atoms with Crippen molar-refractivity contribution >= 4 is 0 Å². The van der Waals surface area contributed by atoms with E-state index in [1.807, 2.05) is 0 Å². The van der Waals surface area contributed by atoms with Gasteiger partial charge in [-0.05, 0) is 32.1 Å². The fourth-order valence-electron chi connectivity index (χ4n) is 3.64. The Hall–Kier alpha value is -0.260. The summed E-state index contributed by atoms with van der Waals surface area (Å²) in [6.07, 6.45) is 26.7. The maximum Gasteiger partial charge on any atom is -0.0323 e. The van der Waals surface area contributed by atoms with Crippen LogP contribution in [0.2, 0.25) is 0 Å². The minimum absolute atomic E-state index is 0.964. The standard InChI is InChI=1S/C24H48/c1-5-7-20-24(4)22-18-16-14-12-10-8-9-11-13-15-17-21-23(3)19-6-2/h19,24H,5-18,20-22H2,1-4H3. The van der Waals surface area contributed by atoms with Gasteiger partial charge in [0.1, 0.15) is 0 Å². The minimum Gasteiger partial charge on any atom is -0.0859 e. The first kappa shape index (κ1) is 23.7. The molecular weight excluding hydrogens is 288 g/mol. The topological polar surface area (TPSA) is 0 Å². The summed E-state index contributed by atoms with van der Waals surface area (Å²) in [7, 11) is 0. The average molecular weight is 337 g/mol. The van der Waals surface area contributed by atoms with Crippen LogP contribution in [0.5, 0.6) is 0 Å². The molecular formula is C24H48. The lowest BCUT2D eigenvalue weighted by atomic mass is 9.97. The van der Waals surface area contributed by atoms with E-state index >= 15 is 0 Å². The van der Waals surface area contributed by atoms with Gasteiger partial charge in [0.25, 0.3) is 0 Å². The number of hydrogen-bond donors (Lipinski definition) is 0. The van der Waals surface area contributed by atoms with Crippen LogP contribution in [0.3, 0.4) is 0 Å². The van der Waals surface area contributed by atoms with Gasteiger partial charge in [-0.2, -0.15) is 0 Å². The third-order valence-corrected chi connectivity index (χ3v) is 5.37. The van der Waals surface area contributed by atoms with E-state index in [0.717, 1.165) is 5.92 Å². The van der Waals surface area contributed by atoms with E-state index in [2.05, 4.69) is 33.8 Å². The summed E-state index contributed by atoms with van der Waals surface area (Å²) in [4.78, 5) is 0. The van der Waals surface area contributed by atoms with Crippen molar-refractivity contribution in [2.75, 3.05) is 0 Å². The SMILES string of the molecule is CCC=C(C)CCCCCCCCCCCCCC(C)CCCC. The first-order chi connectivity index (χ1) is 11.7. The Morgan fingerprint density at radius 2 is 1.12 bits per heavy atom. The number of allylic oxidation sites excluding steroid dienone is 2. The lowest BCUT2D eigenvalue weighted by Gasteiger charge is -2.10. The number of unbranched alkanes of at least 4 members (excludes halogenated alkanes) is 11. The van der Waals surface area contributed by atoms with E-state index in [0.29, 0.717) is 0 Å². The highest BCUT2D eigenvalue weighted by Crippen LogP contribution is 2.17. The van der Waals surface area contributed by atoms with Gasteiger partial charge in [-0.1, -0.05) is 122 Å². The summed E-state index contributed by atoms with van der Waals surface area (Å²) in [6, 6.07) is 0. The fourth-order valence-corrected chi connectivity index (χ4v) is 3.64. The monoisotopic (exact) mass is 336 g/mol. The van der Waals surface area contributed by atoms with Crippen LogP contribution in [0, 0.1) is 5.92 Å². The van der Waals surface area contributed by atoms with Crippen molar-refractivity contribution < 1.29 is 0 Å². The molecule has 0 aliphatic heterocycles. The molecule has 0 saturated carbocycles. The van der Waals surface area contributed by atoms with Gasteiger partial charge in [0.05, 0.1) is 0 Å². The highest BCUT2D eigenvalue weighted by Gasteiger charge is 2.01. The zero-order valence-corrected chi connectivity index (χ0v) is 17.7. The Morgan fingerprint density at radius 1 is 0.667 bits per heavy atom. The second-order valence-electron chi connectivity index (χ2n) is 8.13. The Balaban J connectivity index is 3.14. The van der Waals surface area contributed by atoms with E-state index in [4.69, 9.17) is 0 Å². The van der Waals surface area contributed by atoms with Crippen LogP contribution in [0.25, 0.3) is 0 Å². The largest absolute Gasteiger partial charge is 0.0859 e. The van der Waals surface area contributed by atoms with Crippen molar-refractivity contribution in [2.45, 2.75) is 137 Å². The van der Waals surface area contributed by atoms with Gasteiger partial charge < -0.3 is 0 Å². The first-order valence-corrected chi connectivity index (χ1v) is 11.4. The highest BCUT2D eigenvalue weighted by molar-refractivity contribution is 4.96. The quantitative estimate of drug-likeness (QED) is 0.173. The van der Waals surface area contributed by atoms with Gasteiger partial charge in [0.15, 0.2) is 0 Å². The van der Waals surface area contributed by atoms with E-state index < -0.39 is 0 Å². The van der Waals surface area contributed by atoms with Crippen molar-refractivity contribution in [2.24, 2.45) is 5.92 Å². The van der Waals surface area contributed by atoms with Crippen LogP contribution in [0.15, 0.2) is 11.6 Å². The first-order valence-electron chi connectivity index (χ1n) is 11.4. The molecule has 0 nitrogen and oxygen atoms in total. The van der Waals surface area contributed by atoms with Crippen molar-refractivity contribution in [3.63, 3.8) is 0 Å². The zero-order valence-electron chi connectivity index (χ0n) is 17.7. The van der Waals surface area contributed by atoms with Crippen molar-refractivity contribution in [3.05, 3.63) is 11.6 Å². The molecule has 144 valence electrons. The maximum atomic E-state index is 2.44. The predicted molar refractivity (Wildman–Crippen MR) is 113 cm³/mol. The van der Waals surface area contributed by atoms with E-state index in [-0.39, 0.29) is 0 Å². The van der Waals surface area contributed by atoms with E-state index in [9.17, 15) is 0 Å². The molecule has 0 spiro atoms. The molecule has 0 bridgehead atoms. The fraction of sp³-hybridized carbons (Fsp3) is 0.917. The van der Waals surface area contributed by atoms with E-state index in [1.165, 1.54) is 109 Å². The van der Waals surface area contributed by atoms with Crippen LogP contribution < -0.4 is 0 Å². The van der Waals surface area contributed by atoms with Gasteiger partial charge in [0.2, 0.25) is 0 Å². The lowest BCUT2D eigenvalue weighted by molar-refractivity contribution is 0.440. The molecule has 0 aromatic rings. The lowest BCUT2D eigenvalue weighted by Crippen LogP contribution is -1.94. The van der Waals surface area contributed by atoms with Gasteiger partial charge in [-0.3, -0.25) is 0 Å². The van der Waals surface area contributed by atoms with Crippen LogP contribution >= 0.6 is 0 Å². The molecule has 0 aliphatic rings. The Bertz CT molecular complexity index is 263. The molecule has 0 aromatic carbocycles. The average Bonchev–Trinajstić information content (AvgIpc) is 2.57. The molecule has 1 unspecified atom stereocenters. The van der Waals surface area contributed by atoms with Crippen LogP contribution in [-0.2, 0) is 0 Å². The van der Waals surface area contributed by atoms with Crippen LogP contribution in [0.1, 0.15) is 137 Å². The molecule has 0 aromatic heterocycles. The molecule has 1 atom stereocenters. The summed E-state index contributed by atoms with van der Waals surface area (Å²) in [6.45, 7) is 9.27. The summed E-state index contributed by atoms with van der Waals surface area (Å²) in [5.41, 5.74) is 1.59. The molecule has 0 aliphatic carbocycles. The van der Waals surface area contributed by atoms with Crippen LogP contribution in [-0.4, -0.2) is 0 Å². The van der Waals surface area contributed by atoms with Crippen molar-refractivity contribution in [3.8, 4) is 0 Å². The summed E-state index contributed by atoms with van der Waals surface area (Å²) < 4.78 is 0. The third kappa shape index (κ3) is 18.1. The van der Waals surface area contributed by atoms with E-state index in [1.54, 1.807) is 5.57 Å². The Morgan fingerprint density at radius 3 is 1.62 bits per heavy atom. The third-order valence-electron chi connectivity index (χ3n) is 5.37. The summed E-state index contributed by atoms with van der Waals surface area (Å²) >= 11 is 0. The molecule has 0 N–H and O–H groups in total. The molecule has 0 fully saturated rings. The van der Waals surface area contributed by atoms with Crippen molar-refractivity contribution in [1.82, 2.24) is 0 Å². The normalized spacial score (nSPS) is 13.4. The smallest absolute Gasteiger partial charge is 0.0323 e. The number of rotatable bonds is 18. The highest BCUT2D eigenvalue weighted by atomic mass is 14.1. The number of hydrogen-bond acceptors (Lipinski definition) is 0. The predicted octanol–water partition coefficient (Wildman–Crippen LogP) is 9.24. The molecule has 0 heterocycles. The molecule has 24 heavy (non-hydrogen) atoms. The second kappa shape index (κ2) is 19.1. The minimum atomic E-state index is 0.964. The molecule has 0 amide bonds. The van der Waals surface area contributed by atoms with Gasteiger partial charge in [0, 0.05) is 0 Å². The van der Waals surface area contributed by atoms with Crippen LogP contribution in [0.4, 0.5) is 0 Å². The maximum absolute atomic E-state index is 2.44. The molecule has 0 rings (SSSR count). The summed E-state index contributed by atoms with van der Waals surface area (Å²) in [5, 5.41) is 0. The molecule has 0 radical (unpaired) electrons. The van der Waals surface area contributed by atoms with Gasteiger partial charge >= 0.3 is 0 Å². The van der Waals surface area contributed by atoms with Gasteiger partial charge in [-0.25, -0.2) is 0 Å². The van der Waals surface area contributed by atoms with Crippen molar-refractivity contribution in [1.29, 1.82) is 0 Å². The Labute approximate surface area is 154 Å². The Kier molecular flexibility index (Phi) is 18.9. The molecule has 0 heteroatoms. The second-order valence-corrected chi connectivity index (χ2v) is 8.13. The molecule has 0 saturated heterocycles. The zero-order chi connectivity index (χ0) is 17.9. The summed E-state index contributed by atoms with van der Waals surface area (Å²) in [5.74, 6) is 0.964.